The van der Waals surface area contributed by atoms with Crippen LogP contribution < -0.4 is 16.8 Å². The summed E-state index contributed by atoms with van der Waals surface area (Å²) < 4.78 is 0. The van der Waals surface area contributed by atoms with E-state index in [2.05, 4.69) is 5.32 Å². The minimum absolute atomic E-state index is 0.0318. The number of carbonyl (C=O) groups excluding carboxylic acids is 2. The van der Waals surface area contributed by atoms with Gasteiger partial charge in [-0.1, -0.05) is 19.3 Å². The molecule has 1 saturated carbocycles. The van der Waals surface area contributed by atoms with Gasteiger partial charge in [-0.3, -0.25) is 9.59 Å². The van der Waals surface area contributed by atoms with E-state index in [0.29, 0.717) is 6.54 Å². The molecular formula is C11H21N3O2. The second-order valence-corrected chi connectivity index (χ2v) is 4.42. The van der Waals surface area contributed by atoms with Crippen LogP contribution in [0, 0.1) is 5.92 Å². The van der Waals surface area contributed by atoms with Crippen LogP contribution in [0.4, 0.5) is 0 Å². The highest BCUT2D eigenvalue weighted by Gasteiger charge is 2.26. The third-order valence-corrected chi connectivity index (χ3v) is 3.08. The van der Waals surface area contributed by atoms with Crippen molar-refractivity contribution in [1.82, 2.24) is 5.32 Å². The van der Waals surface area contributed by atoms with E-state index in [9.17, 15) is 9.59 Å². The first kappa shape index (κ1) is 13.0. The quantitative estimate of drug-likeness (QED) is 0.584. The van der Waals surface area contributed by atoms with Gasteiger partial charge in [0.1, 0.15) is 0 Å². The number of carbonyl (C=O) groups is 2. The van der Waals surface area contributed by atoms with Crippen molar-refractivity contribution in [2.45, 2.75) is 44.6 Å². The fourth-order valence-electron chi connectivity index (χ4n) is 2.10. The summed E-state index contributed by atoms with van der Waals surface area (Å²) in [5, 5.41) is 2.72. The number of nitrogens with one attached hydrogen (secondary N) is 1. The van der Waals surface area contributed by atoms with Crippen LogP contribution in [-0.4, -0.2) is 24.4 Å². The summed E-state index contributed by atoms with van der Waals surface area (Å²) in [6.45, 7) is 0.317. The Labute approximate surface area is 95.9 Å². The lowest BCUT2D eigenvalue weighted by Gasteiger charge is -2.20. The lowest BCUT2D eigenvalue weighted by molar-refractivity contribution is -0.125. The van der Waals surface area contributed by atoms with Gasteiger partial charge >= 0.3 is 0 Å². The largest absolute Gasteiger partial charge is 0.370 e. The predicted molar refractivity (Wildman–Crippen MR) is 61.4 cm³/mol. The summed E-state index contributed by atoms with van der Waals surface area (Å²) in [5.41, 5.74) is 11.0. The maximum absolute atomic E-state index is 11.8. The van der Waals surface area contributed by atoms with E-state index in [1.807, 2.05) is 0 Å². The predicted octanol–water partition coefficient (Wildman–Crippen LogP) is -0.114. The highest BCUT2D eigenvalue weighted by molar-refractivity contribution is 5.80. The van der Waals surface area contributed by atoms with E-state index in [1.165, 1.54) is 0 Å². The average molecular weight is 227 g/mol. The van der Waals surface area contributed by atoms with Crippen molar-refractivity contribution in [3.05, 3.63) is 0 Å². The van der Waals surface area contributed by atoms with Crippen LogP contribution >= 0.6 is 0 Å². The van der Waals surface area contributed by atoms with Crippen molar-refractivity contribution in [2.75, 3.05) is 6.54 Å². The number of rotatable bonds is 4. The molecule has 92 valence electrons. The minimum atomic E-state index is -0.398. The first-order valence-electron chi connectivity index (χ1n) is 5.93. The maximum Gasteiger partial charge on any atom is 0.224 e. The molecule has 0 aliphatic heterocycles. The number of hydrogen-bond donors (Lipinski definition) is 3. The topological polar surface area (TPSA) is 98.2 Å². The van der Waals surface area contributed by atoms with Crippen LogP contribution in [0.1, 0.15) is 38.5 Å². The Hall–Kier alpha value is -1.10. The molecule has 2 unspecified atom stereocenters. The van der Waals surface area contributed by atoms with E-state index < -0.39 is 5.91 Å². The number of amides is 2. The molecule has 0 heterocycles. The SMILES string of the molecule is NC(=O)CCNC(=O)C1CCCCCC1N. The van der Waals surface area contributed by atoms with Crippen LogP contribution in [0.25, 0.3) is 0 Å². The van der Waals surface area contributed by atoms with E-state index in [1.54, 1.807) is 0 Å². The monoisotopic (exact) mass is 227 g/mol. The molecule has 1 aliphatic carbocycles. The third-order valence-electron chi connectivity index (χ3n) is 3.08. The van der Waals surface area contributed by atoms with Gasteiger partial charge in [0.05, 0.1) is 5.92 Å². The van der Waals surface area contributed by atoms with E-state index >= 15 is 0 Å². The van der Waals surface area contributed by atoms with Crippen molar-refractivity contribution in [3.63, 3.8) is 0 Å². The second kappa shape index (κ2) is 6.48. The van der Waals surface area contributed by atoms with Crippen molar-refractivity contribution >= 4 is 11.8 Å². The molecule has 16 heavy (non-hydrogen) atoms. The molecule has 1 aliphatic rings. The molecule has 5 heteroatoms. The first-order valence-corrected chi connectivity index (χ1v) is 5.93. The van der Waals surface area contributed by atoms with Gasteiger partial charge in [-0.2, -0.15) is 0 Å². The Morgan fingerprint density at radius 2 is 1.88 bits per heavy atom. The van der Waals surface area contributed by atoms with Crippen LogP contribution in [0.3, 0.4) is 0 Å². The number of primary amides is 1. The summed E-state index contributed by atoms with van der Waals surface area (Å²) in [7, 11) is 0. The zero-order valence-electron chi connectivity index (χ0n) is 9.58. The summed E-state index contributed by atoms with van der Waals surface area (Å²) >= 11 is 0. The Bertz CT molecular complexity index is 256. The molecule has 2 amide bonds. The molecule has 0 spiro atoms. The zero-order chi connectivity index (χ0) is 12.0. The molecule has 1 fully saturated rings. The first-order chi connectivity index (χ1) is 7.61. The zero-order valence-corrected chi connectivity index (χ0v) is 9.58. The van der Waals surface area contributed by atoms with Gasteiger partial charge < -0.3 is 16.8 Å². The van der Waals surface area contributed by atoms with Crippen molar-refractivity contribution in [3.8, 4) is 0 Å². The van der Waals surface area contributed by atoms with Gasteiger partial charge in [0.2, 0.25) is 11.8 Å². The van der Waals surface area contributed by atoms with E-state index in [0.717, 1.165) is 32.1 Å². The Kier molecular flexibility index (Phi) is 5.25. The van der Waals surface area contributed by atoms with Gasteiger partial charge in [0, 0.05) is 19.0 Å². The van der Waals surface area contributed by atoms with Gasteiger partial charge in [-0.25, -0.2) is 0 Å². The molecule has 5 nitrogen and oxygen atoms in total. The lowest BCUT2D eigenvalue weighted by atomic mass is 9.94. The Balaban J connectivity index is 2.35. The van der Waals surface area contributed by atoms with Gasteiger partial charge in [0.15, 0.2) is 0 Å². The van der Waals surface area contributed by atoms with Gasteiger partial charge in [0.25, 0.3) is 0 Å². The normalized spacial score (nSPS) is 25.8. The van der Waals surface area contributed by atoms with Crippen LogP contribution in [0.5, 0.6) is 0 Å². The molecule has 0 aromatic rings. The third kappa shape index (κ3) is 4.18. The molecule has 0 bridgehead atoms. The van der Waals surface area contributed by atoms with Crippen molar-refractivity contribution in [2.24, 2.45) is 17.4 Å². The minimum Gasteiger partial charge on any atom is -0.370 e. The molecule has 1 rings (SSSR count). The Morgan fingerprint density at radius 1 is 1.19 bits per heavy atom. The smallest absolute Gasteiger partial charge is 0.224 e. The highest BCUT2D eigenvalue weighted by atomic mass is 16.2. The molecule has 0 aromatic heterocycles. The van der Waals surface area contributed by atoms with Crippen LogP contribution in [0.15, 0.2) is 0 Å². The van der Waals surface area contributed by atoms with Gasteiger partial charge in [-0.05, 0) is 12.8 Å². The lowest BCUT2D eigenvalue weighted by Crippen LogP contribution is -2.42. The molecule has 0 saturated heterocycles. The number of nitrogens with two attached hydrogens (primary N) is 2. The summed E-state index contributed by atoms with van der Waals surface area (Å²) in [4.78, 5) is 22.3. The second-order valence-electron chi connectivity index (χ2n) is 4.42. The van der Waals surface area contributed by atoms with E-state index in [-0.39, 0.29) is 24.3 Å². The van der Waals surface area contributed by atoms with Crippen LogP contribution in [-0.2, 0) is 9.59 Å². The molecule has 0 aromatic carbocycles. The van der Waals surface area contributed by atoms with Crippen molar-refractivity contribution < 1.29 is 9.59 Å². The van der Waals surface area contributed by atoms with Crippen LogP contribution in [0.2, 0.25) is 0 Å². The van der Waals surface area contributed by atoms with Gasteiger partial charge in [-0.15, -0.1) is 0 Å². The fourth-order valence-corrected chi connectivity index (χ4v) is 2.10. The Morgan fingerprint density at radius 3 is 2.56 bits per heavy atom. The maximum atomic E-state index is 11.8. The molecule has 0 radical (unpaired) electrons. The summed E-state index contributed by atoms with van der Waals surface area (Å²) in [6.07, 6.45) is 5.26. The molecule has 5 N–H and O–H groups in total. The molecule has 2 atom stereocenters. The van der Waals surface area contributed by atoms with Crippen molar-refractivity contribution in [1.29, 1.82) is 0 Å². The number of hydrogen-bond acceptors (Lipinski definition) is 3. The summed E-state index contributed by atoms with van der Waals surface area (Å²) in [6, 6.07) is -0.0453. The van der Waals surface area contributed by atoms with E-state index in [4.69, 9.17) is 11.5 Å². The standard InChI is InChI=1S/C11H21N3O2/c12-9-5-3-1-2-4-8(9)11(16)14-7-6-10(13)15/h8-9H,1-7,12H2,(H2,13,15)(H,14,16). The summed E-state index contributed by atoms with van der Waals surface area (Å²) in [5.74, 6) is -0.531. The molecular weight excluding hydrogens is 206 g/mol. The fraction of sp³-hybridized carbons (Fsp3) is 0.818. The average Bonchev–Trinajstić information content (AvgIpc) is 2.42. The highest BCUT2D eigenvalue weighted by Crippen LogP contribution is 2.22.